The highest BCUT2D eigenvalue weighted by molar-refractivity contribution is 5.75. The first-order valence-electron chi connectivity index (χ1n) is 7.46. The van der Waals surface area contributed by atoms with Crippen molar-refractivity contribution in [1.29, 1.82) is 0 Å². The molecule has 1 saturated heterocycles. The SMILES string of the molecule is COCCNC(=O)N1CCC[C@@H]1c1ccc(OC)c(OC)c1. The molecule has 1 N–H and O–H groups in total. The highest BCUT2D eigenvalue weighted by atomic mass is 16.5. The van der Waals surface area contributed by atoms with Crippen molar-refractivity contribution in [3.63, 3.8) is 0 Å². The van der Waals surface area contributed by atoms with E-state index in [1.807, 2.05) is 23.1 Å². The molecule has 2 rings (SSSR count). The van der Waals surface area contributed by atoms with Crippen molar-refractivity contribution in [2.75, 3.05) is 41.0 Å². The van der Waals surface area contributed by atoms with Gasteiger partial charge in [-0.2, -0.15) is 0 Å². The zero-order valence-electron chi connectivity index (χ0n) is 13.4. The number of methoxy groups -OCH3 is 3. The van der Waals surface area contributed by atoms with Crippen LogP contribution >= 0.6 is 0 Å². The molecule has 0 aliphatic carbocycles. The number of carbonyl (C=O) groups is 1. The third-order valence-electron chi connectivity index (χ3n) is 3.89. The largest absolute Gasteiger partial charge is 0.493 e. The lowest BCUT2D eigenvalue weighted by Crippen LogP contribution is -2.40. The number of likely N-dealkylation sites (tertiary alicyclic amines) is 1. The number of rotatable bonds is 6. The Bertz CT molecular complexity index is 507. The minimum absolute atomic E-state index is 0.0469. The fourth-order valence-electron chi connectivity index (χ4n) is 2.78. The number of hydrogen-bond acceptors (Lipinski definition) is 4. The fraction of sp³-hybridized carbons (Fsp3) is 0.562. The van der Waals surface area contributed by atoms with E-state index in [1.165, 1.54) is 0 Å². The molecule has 22 heavy (non-hydrogen) atoms. The van der Waals surface area contributed by atoms with Crippen LogP contribution in [0.2, 0.25) is 0 Å². The average molecular weight is 308 g/mol. The van der Waals surface area contributed by atoms with Crippen molar-refractivity contribution >= 4 is 6.03 Å². The standard InChI is InChI=1S/C16H24N2O4/c1-20-10-8-17-16(19)18-9-4-5-13(18)12-6-7-14(21-2)15(11-12)22-3/h6-7,11,13H,4-5,8-10H2,1-3H3,(H,17,19)/t13-/m1/s1. The molecule has 2 amide bonds. The number of hydrogen-bond donors (Lipinski definition) is 1. The Morgan fingerprint density at radius 3 is 2.73 bits per heavy atom. The summed E-state index contributed by atoms with van der Waals surface area (Å²) in [6, 6.07) is 5.85. The first-order valence-corrected chi connectivity index (χ1v) is 7.46. The van der Waals surface area contributed by atoms with Gasteiger partial charge >= 0.3 is 6.03 Å². The Kier molecular flexibility index (Phi) is 5.89. The van der Waals surface area contributed by atoms with E-state index >= 15 is 0 Å². The second-order valence-corrected chi connectivity index (χ2v) is 5.19. The van der Waals surface area contributed by atoms with Crippen molar-refractivity contribution in [1.82, 2.24) is 10.2 Å². The average Bonchev–Trinajstić information content (AvgIpc) is 3.04. The third kappa shape index (κ3) is 3.62. The summed E-state index contributed by atoms with van der Waals surface area (Å²) < 4.78 is 15.6. The lowest BCUT2D eigenvalue weighted by atomic mass is 10.0. The molecule has 0 spiro atoms. The topological polar surface area (TPSA) is 60.0 Å². The third-order valence-corrected chi connectivity index (χ3v) is 3.89. The maximum absolute atomic E-state index is 12.3. The van der Waals surface area contributed by atoms with E-state index in [4.69, 9.17) is 14.2 Å². The molecule has 0 bridgehead atoms. The molecule has 6 heteroatoms. The first kappa shape index (κ1) is 16.4. The minimum atomic E-state index is -0.0469. The minimum Gasteiger partial charge on any atom is -0.493 e. The molecule has 1 aliphatic heterocycles. The van der Waals surface area contributed by atoms with Gasteiger partial charge in [-0.25, -0.2) is 4.79 Å². The zero-order chi connectivity index (χ0) is 15.9. The summed E-state index contributed by atoms with van der Waals surface area (Å²) in [5.41, 5.74) is 1.07. The fourth-order valence-corrected chi connectivity index (χ4v) is 2.78. The summed E-state index contributed by atoms with van der Waals surface area (Å²) in [4.78, 5) is 14.2. The molecule has 0 unspecified atom stereocenters. The van der Waals surface area contributed by atoms with Gasteiger partial charge in [0.2, 0.25) is 0 Å². The van der Waals surface area contributed by atoms with E-state index in [0.29, 0.717) is 24.7 Å². The van der Waals surface area contributed by atoms with Gasteiger partial charge in [-0.05, 0) is 30.5 Å². The predicted molar refractivity (Wildman–Crippen MR) is 83.5 cm³/mol. The monoisotopic (exact) mass is 308 g/mol. The van der Waals surface area contributed by atoms with Gasteiger partial charge in [0, 0.05) is 20.2 Å². The highest BCUT2D eigenvalue weighted by Crippen LogP contribution is 2.36. The maximum atomic E-state index is 12.3. The van der Waals surface area contributed by atoms with Gasteiger partial charge < -0.3 is 24.4 Å². The van der Waals surface area contributed by atoms with Crippen LogP contribution in [0.4, 0.5) is 4.79 Å². The Labute approximate surface area is 131 Å². The normalized spacial score (nSPS) is 17.4. The van der Waals surface area contributed by atoms with Crippen molar-refractivity contribution in [2.45, 2.75) is 18.9 Å². The molecule has 1 fully saturated rings. The van der Waals surface area contributed by atoms with Crippen LogP contribution in [-0.2, 0) is 4.74 Å². The van der Waals surface area contributed by atoms with Gasteiger partial charge in [-0.3, -0.25) is 0 Å². The smallest absolute Gasteiger partial charge is 0.317 e. The van der Waals surface area contributed by atoms with Crippen LogP contribution in [0, 0.1) is 0 Å². The number of benzene rings is 1. The molecule has 0 aromatic heterocycles. The Hall–Kier alpha value is -1.95. The predicted octanol–water partition coefficient (Wildman–Crippen LogP) is 2.20. The number of nitrogens with zero attached hydrogens (tertiary/aromatic N) is 1. The molecule has 0 saturated carbocycles. The quantitative estimate of drug-likeness (QED) is 0.819. The number of nitrogens with one attached hydrogen (secondary N) is 1. The molecule has 6 nitrogen and oxygen atoms in total. The van der Waals surface area contributed by atoms with E-state index < -0.39 is 0 Å². The molecule has 1 aromatic carbocycles. The molecule has 1 atom stereocenters. The molecule has 1 heterocycles. The molecule has 0 radical (unpaired) electrons. The van der Waals surface area contributed by atoms with Crippen LogP contribution in [0.15, 0.2) is 18.2 Å². The highest BCUT2D eigenvalue weighted by Gasteiger charge is 2.30. The van der Waals surface area contributed by atoms with Crippen LogP contribution in [0.5, 0.6) is 11.5 Å². The van der Waals surface area contributed by atoms with E-state index in [9.17, 15) is 4.79 Å². The summed E-state index contributed by atoms with van der Waals surface area (Å²) in [5.74, 6) is 1.38. The van der Waals surface area contributed by atoms with Crippen LogP contribution < -0.4 is 14.8 Å². The lowest BCUT2D eigenvalue weighted by Gasteiger charge is -2.26. The van der Waals surface area contributed by atoms with Crippen molar-refractivity contribution in [3.8, 4) is 11.5 Å². The molecular formula is C16H24N2O4. The molecular weight excluding hydrogens is 284 g/mol. The van der Waals surface area contributed by atoms with Gasteiger partial charge in [0.25, 0.3) is 0 Å². The zero-order valence-corrected chi connectivity index (χ0v) is 13.4. The Morgan fingerprint density at radius 1 is 1.27 bits per heavy atom. The summed E-state index contributed by atoms with van der Waals surface area (Å²) in [5, 5.41) is 2.88. The van der Waals surface area contributed by atoms with Crippen LogP contribution in [0.1, 0.15) is 24.4 Å². The van der Waals surface area contributed by atoms with Crippen LogP contribution in [0.3, 0.4) is 0 Å². The lowest BCUT2D eigenvalue weighted by molar-refractivity contribution is 0.176. The summed E-state index contributed by atoms with van der Waals surface area (Å²) >= 11 is 0. The van der Waals surface area contributed by atoms with Crippen molar-refractivity contribution in [3.05, 3.63) is 23.8 Å². The van der Waals surface area contributed by atoms with Crippen LogP contribution in [-0.4, -0.2) is 52.0 Å². The van der Waals surface area contributed by atoms with E-state index in [0.717, 1.165) is 24.9 Å². The summed E-state index contributed by atoms with van der Waals surface area (Å²) in [6.45, 7) is 1.79. The number of carbonyl (C=O) groups excluding carboxylic acids is 1. The van der Waals surface area contributed by atoms with E-state index in [1.54, 1.807) is 21.3 Å². The second kappa shape index (κ2) is 7.89. The number of amides is 2. The van der Waals surface area contributed by atoms with Crippen LogP contribution in [0.25, 0.3) is 0 Å². The van der Waals surface area contributed by atoms with Crippen molar-refractivity contribution in [2.24, 2.45) is 0 Å². The molecule has 1 aromatic rings. The van der Waals surface area contributed by atoms with Gasteiger partial charge in [0.05, 0.1) is 26.9 Å². The maximum Gasteiger partial charge on any atom is 0.317 e. The summed E-state index contributed by atoms with van der Waals surface area (Å²) in [7, 11) is 4.85. The van der Waals surface area contributed by atoms with Gasteiger partial charge in [-0.1, -0.05) is 6.07 Å². The van der Waals surface area contributed by atoms with Crippen molar-refractivity contribution < 1.29 is 19.0 Å². The second-order valence-electron chi connectivity index (χ2n) is 5.19. The van der Waals surface area contributed by atoms with Gasteiger partial charge in [0.1, 0.15) is 0 Å². The van der Waals surface area contributed by atoms with Gasteiger partial charge in [0.15, 0.2) is 11.5 Å². The first-order chi connectivity index (χ1) is 10.7. The number of ether oxygens (including phenoxy) is 3. The van der Waals surface area contributed by atoms with Gasteiger partial charge in [-0.15, -0.1) is 0 Å². The molecule has 122 valence electrons. The van der Waals surface area contributed by atoms with E-state index in [-0.39, 0.29) is 12.1 Å². The van der Waals surface area contributed by atoms with E-state index in [2.05, 4.69) is 5.32 Å². The Balaban J connectivity index is 2.11. The Morgan fingerprint density at radius 2 is 2.05 bits per heavy atom. The number of urea groups is 1. The summed E-state index contributed by atoms with van der Waals surface area (Å²) in [6.07, 6.45) is 1.95. The molecule has 1 aliphatic rings.